The van der Waals surface area contributed by atoms with Gasteiger partial charge in [-0.1, -0.05) is 35.6 Å². The number of hydrogen-bond donors (Lipinski definition) is 2. The second-order valence-electron chi connectivity index (χ2n) is 5.00. The van der Waals surface area contributed by atoms with E-state index in [0.29, 0.717) is 16.5 Å². The Labute approximate surface area is 153 Å². The summed E-state index contributed by atoms with van der Waals surface area (Å²) in [7, 11) is 1.44. The molecule has 2 aromatic rings. The van der Waals surface area contributed by atoms with Crippen molar-refractivity contribution in [2.45, 2.75) is 6.18 Å². The van der Waals surface area contributed by atoms with Gasteiger partial charge in [0.1, 0.15) is 5.75 Å². The average Bonchev–Trinajstić information content (AvgIpc) is 2.58. The Morgan fingerprint density at radius 3 is 2.65 bits per heavy atom. The SMILES string of the molecule is COc1ccc(Cl)cc1NC(=O)NCC#Cc1ccccc1C(F)(F)F. The Hall–Kier alpha value is -2.85. The Kier molecular flexibility index (Phi) is 6.36. The third-order valence-electron chi connectivity index (χ3n) is 3.20. The molecule has 0 saturated heterocycles. The number of amides is 2. The van der Waals surface area contributed by atoms with Gasteiger partial charge in [0.15, 0.2) is 0 Å². The molecular formula is C18H14ClF3N2O2. The van der Waals surface area contributed by atoms with Crippen molar-refractivity contribution in [3.63, 3.8) is 0 Å². The lowest BCUT2D eigenvalue weighted by atomic mass is 10.1. The van der Waals surface area contributed by atoms with Gasteiger partial charge in [-0.25, -0.2) is 4.79 Å². The van der Waals surface area contributed by atoms with Gasteiger partial charge in [0.05, 0.1) is 24.9 Å². The first-order chi connectivity index (χ1) is 12.3. The minimum atomic E-state index is -4.49. The first-order valence-corrected chi connectivity index (χ1v) is 7.72. The van der Waals surface area contributed by atoms with Gasteiger partial charge in [0, 0.05) is 10.6 Å². The smallest absolute Gasteiger partial charge is 0.417 e. The van der Waals surface area contributed by atoms with Crippen LogP contribution in [0, 0.1) is 11.8 Å². The number of methoxy groups -OCH3 is 1. The molecule has 8 heteroatoms. The van der Waals surface area contributed by atoms with Crippen LogP contribution in [0.25, 0.3) is 0 Å². The highest BCUT2D eigenvalue weighted by molar-refractivity contribution is 6.31. The zero-order valence-electron chi connectivity index (χ0n) is 13.6. The van der Waals surface area contributed by atoms with Gasteiger partial charge in [-0.2, -0.15) is 13.2 Å². The molecule has 0 radical (unpaired) electrons. The zero-order chi connectivity index (χ0) is 19.2. The van der Waals surface area contributed by atoms with Crippen molar-refractivity contribution in [1.29, 1.82) is 0 Å². The van der Waals surface area contributed by atoms with Crippen LogP contribution in [0.3, 0.4) is 0 Å². The van der Waals surface area contributed by atoms with Crippen molar-refractivity contribution >= 4 is 23.3 Å². The van der Waals surface area contributed by atoms with Crippen LogP contribution in [-0.2, 0) is 6.18 Å². The lowest BCUT2D eigenvalue weighted by Gasteiger charge is -2.10. The molecule has 0 unspecified atom stereocenters. The standard InChI is InChI=1S/C18H14ClF3N2O2/c1-26-16-9-8-13(19)11-15(16)24-17(25)23-10-4-6-12-5-2-3-7-14(12)18(20,21)22/h2-3,5,7-9,11H,10H2,1H3,(H2,23,24,25). The van der Waals surface area contributed by atoms with Crippen LogP contribution in [-0.4, -0.2) is 19.7 Å². The number of benzene rings is 2. The van der Waals surface area contributed by atoms with E-state index in [9.17, 15) is 18.0 Å². The lowest BCUT2D eigenvalue weighted by molar-refractivity contribution is -0.137. The second-order valence-corrected chi connectivity index (χ2v) is 5.43. The molecule has 2 N–H and O–H groups in total. The third kappa shape index (κ3) is 5.33. The molecule has 0 bridgehead atoms. The van der Waals surface area contributed by atoms with E-state index in [-0.39, 0.29) is 12.1 Å². The summed E-state index contributed by atoms with van der Waals surface area (Å²) in [6.45, 7) is -0.138. The molecule has 26 heavy (non-hydrogen) atoms. The summed E-state index contributed by atoms with van der Waals surface area (Å²) in [4.78, 5) is 11.9. The summed E-state index contributed by atoms with van der Waals surface area (Å²) < 4.78 is 43.7. The fourth-order valence-corrected chi connectivity index (χ4v) is 2.22. The number of carbonyl (C=O) groups excluding carboxylic acids is 1. The molecule has 0 fully saturated rings. The predicted octanol–water partition coefficient (Wildman–Crippen LogP) is 4.54. The van der Waals surface area contributed by atoms with E-state index in [4.69, 9.17) is 16.3 Å². The van der Waals surface area contributed by atoms with Crippen LogP contribution in [0.5, 0.6) is 5.75 Å². The molecule has 2 aromatic carbocycles. The fourth-order valence-electron chi connectivity index (χ4n) is 2.05. The number of nitrogens with one attached hydrogen (secondary N) is 2. The molecule has 2 amide bonds. The molecule has 0 saturated carbocycles. The van der Waals surface area contributed by atoms with Crippen molar-refractivity contribution in [2.75, 3.05) is 19.0 Å². The Morgan fingerprint density at radius 1 is 1.23 bits per heavy atom. The molecule has 0 aromatic heterocycles. The quantitative estimate of drug-likeness (QED) is 0.766. The first-order valence-electron chi connectivity index (χ1n) is 7.34. The van der Waals surface area contributed by atoms with Crippen molar-refractivity contribution in [2.24, 2.45) is 0 Å². The first kappa shape index (κ1) is 19.5. The number of halogens is 4. The summed E-state index contributed by atoms with van der Waals surface area (Å²) in [5.41, 5.74) is -0.618. The molecule has 0 atom stereocenters. The monoisotopic (exact) mass is 382 g/mol. The molecule has 2 rings (SSSR count). The predicted molar refractivity (Wildman–Crippen MR) is 93.3 cm³/mol. The highest BCUT2D eigenvalue weighted by Gasteiger charge is 2.32. The van der Waals surface area contributed by atoms with Crippen LogP contribution in [0.1, 0.15) is 11.1 Å². The van der Waals surface area contributed by atoms with Gasteiger partial charge in [-0.05, 0) is 30.3 Å². The average molecular weight is 383 g/mol. The summed E-state index contributed by atoms with van der Waals surface area (Å²) >= 11 is 5.86. The molecule has 0 aliphatic carbocycles. The van der Waals surface area contributed by atoms with E-state index in [1.54, 1.807) is 12.1 Å². The van der Waals surface area contributed by atoms with Crippen LogP contribution in [0.4, 0.5) is 23.7 Å². The minimum Gasteiger partial charge on any atom is -0.495 e. The maximum Gasteiger partial charge on any atom is 0.417 e. The van der Waals surface area contributed by atoms with E-state index >= 15 is 0 Å². The molecule has 0 aliphatic rings. The summed E-state index contributed by atoms with van der Waals surface area (Å²) in [6, 6.07) is 9.08. The zero-order valence-corrected chi connectivity index (χ0v) is 14.3. The second kappa shape index (κ2) is 8.50. The van der Waals surface area contributed by atoms with E-state index in [2.05, 4.69) is 22.5 Å². The van der Waals surface area contributed by atoms with Gasteiger partial charge in [0.25, 0.3) is 0 Å². The van der Waals surface area contributed by atoms with E-state index in [0.717, 1.165) is 6.07 Å². The van der Waals surface area contributed by atoms with Gasteiger partial charge in [-0.15, -0.1) is 0 Å². The lowest BCUT2D eigenvalue weighted by Crippen LogP contribution is -2.29. The minimum absolute atomic E-state index is 0.138. The van der Waals surface area contributed by atoms with Crippen LogP contribution >= 0.6 is 11.6 Å². The number of hydrogen-bond acceptors (Lipinski definition) is 2. The largest absolute Gasteiger partial charge is 0.495 e. The number of anilines is 1. The Bertz CT molecular complexity index is 857. The molecule has 4 nitrogen and oxygen atoms in total. The number of ether oxygens (including phenoxy) is 1. The van der Waals surface area contributed by atoms with Crippen molar-refractivity contribution in [3.05, 3.63) is 58.6 Å². The number of rotatable bonds is 3. The van der Waals surface area contributed by atoms with Crippen LogP contribution in [0.2, 0.25) is 5.02 Å². The highest BCUT2D eigenvalue weighted by atomic mass is 35.5. The van der Waals surface area contributed by atoms with Gasteiger partial charge in [0.2, 0.25) is 0 Å². The topological polar surface area (TPSA) is 50.4 Å². The van der Waals surface area contributed by atoms with Gasteiger partial charge >= 0.3 is 12.2 Å². The summed E-state index contributed by atoms with van der Waals surface area (Å²) in [6.07, 6.45) is -4.49. The maximum atomic E-state index is 12.9. The molecule has 0 spiro atoms. The molecular weight excluding hydrogens is 369 g/mol. The van der Waals surface area contributed by atoms with Crippen molar-refractivity contribution in [1.82, 2.24) is 5.32 Å². The van der Waals surface area contributed by atoms with Crippen LogP contribution in [0.15, 0.2) is 42.5 Å². The number of carbonyl (C=O) groups is 1. The van der Waals surface area contributed by atoms with Gasteiger partial charge < -0.3 is 15.4 Å². The highest BCUT2D eigenvalue weighted by Crippen LogP contribution is 2.31. The maximum absolute atomic E-state index is 12.9. The Morgan fingerprint density at radius 2 is 1.96 bits per heavy atom. The van der Waals surface area contributed by atoms with Crippen LogP contribution < -0.4 is 15.4 Å². The number of alkyl halides is 3. The fraction of sp³-hybridized carbons (Fsp3) is 0.167. The van der Waals surface area contributed by atoms with Crippen molar-refractivity contribution in [3.8, 4) is 17.6 Å². The van der Waals surface area contributed by atoms with Gasteiger partial charge in [-0.3, -0.25) is 0 Å². The Balaban J connectivity index is 1.99. The molecule has 0 aliphatic heterocycles. The van der Waals surface area contributed by atoms with E-state index in [1.165, 1.54) is 31.4 Å². The number of urea groups is 1. The normalized spacial score (nSPS) is 10.5. The van der Waals surface area contributed by atoms with Crippen molar-refractivity contribution < 1.29 is 22.7 Å². The van der Waals surface area contributed by atoms with E-state index in [1.807, 2.05) is 0 Å². The summed E-state index contributed by atoms with van der Waals surface area (Å²) in [5.74, 6) is 5.32. The molecule has 0 heterocycles. The van der Waals surface area contributed by atoms with E-state index < -0.39 is 17.8 Å². The summed E-state index contributed by atoms with van der Waals surface area (Å²) in [5, 5.41) is 5.36. The third-order valence-corrected chi connectivity index (χ3v) is 3.44. The molecule has 136 valence electrons.